The van der Waals surface area contributed by atoms with Crippen LogP contribution in [0.3, 0.4) is 0 Å². The summed E-state index contributed by atoms with van der Waals surface area (Å²) < 4.78 is 5.09. The number of carbonyl (C=O) groups is 3. The first-order valence-corrected chi connectivity index (χ1v) is 9.12. The van der Waals surface area contributed by atoms with Gasteiger partial charge in [-0.3, -0.25) is 4.79 Å². The number of fused-ring (bicyclic) bond motifs is 1. The normalized spacial score (nSPS) is 16.5. The smallest absolute Gasteiger partial charge is 0.342 e. The van der Waals surface area contributed by atoms with E-state index in [0.29, 0.717) is 11.1 Å². The zero-order chi connectivity index (χ0) is 21.3. The molecule has 152 valence electrons. The van der Waals surface area contributed by atoms with Crippen LogP contribution in [0.25, 0.3) is 0 Å². The molecule has 8 nitrogen and oxygen atoms in total. The van der Waals surface area contributed by atoms with Gasteiger partial charge in [0, 0.05) is 17.9 Å². The minimum Gasteiger partial charge on any atom is -0.508 e. The molecule has 2 aromatic rings. The van der Waals surface area contributed by atoms with Crippen molar-refractivity contribution < 1.29 is 34.4 Å². The molecule has 1 amide bonds. The van der Waals surface area contributed by atoms with Gasteiger partial charge in [0.25, 0.3) is 5.91 Å². The highest BCUT2D eigenvalue weighted by Gasteiger charge is 2.33. The van der Waals surface area contributed by atoms with Crippen LogP contribution >= 0.6 is 11.6 Å². The summed E-state index contributed by atoms with van der Waals surface area (Å²) in [5.74, 6) is -3.56. The van der Waals surface area contributed by atoms with Gasteiger partial charge < -0.3 is 25.4 Å². The van der Waals surface area contributed by atoms with Crippen LogP contribution < -0.4 is 5.32 Å². The number of carboxylic acids is 1. The van der Waals surface area contributed by atoms with E-state index < -0.39 is 35.7 Å². The molecule has 2 atom stereocenters. The molecule has 0 saturated heterocycles. The molecule has 1 unspecified atom stereocenters. The highest BCUT2D eigenvalue weighted by atomic mass is 35.5. The number of phenolic OH excluding ortho intramolecular Hbond substituents is 2. The molecule has 29 heavy (non-hydrogen) atoms. The summed E-state index contributed by atoms with van der Waals surface area (Å²) >= 11 is 6.20. The molecule has 0 spiro atoms. The number of hydrogen-bond acceptors (Lipinski definition) is 6. The third-order valence-corrected chi connectivity index (χ3v) is 4.92. The van der Waals surface area contributed by atoms with E-state index in [0.717, 1.165) is 0 Å². The van der Waals surface area contributed by atoms with Gasteiger partial charge in [0.05, 0.1) is 5.56 Å². The molecule has 0 radical (unpaired) electrons. The van der Waals surface area contributed by atoms with Crippen LogP contribution in [0.15, 0.2) is 30.3 Å². The summed E-state index contributed by atoms with van der Waals surface area (Å²) in [6, 6.07) is 5.75. The fourth-order valence-corrected chi connectivity index (χ4v) is 3.43. The monoisotopic (exact) mass is 419 g/mol. The second-order valence-corrected chi connectivity index (χ2v) is 7.17. The summed E-state index contributed by atoms with van der Waals surface area (Å²) in [6.07, 6.45) is -0.192. The van der Waals surface area contributed by atoms with E-state index >= 15 is 0 Å². The Morgan fingerprint density at radius 1 is 1.28 bits per heavy atom. The number of carboxylic acid groups (broad SMARTS) is 1. The molecule has 9 heteroatoms. The average molecular weight is 420 g/mol. The third-order valence-electron chi connectivity index (χ3n) is 4.58. The zero-order valence-corrected chi connectivity index (χ0v) is 16.1. The van der Waals surface area contributed by atoms with Gasteiger partial charge in [-0.05, 0) is 36.2 Å². The number of nitrogens with one attached hydrogen (secondary N) is 1. The zero-order valence-electron chi connectivity index (χ0n) is 15.3. The number of phenols is 2. The lowest BCUT2D eigenvalue weighted by Gasteiger charge is -2.24. The second-order valence-electron chi connectivity index (χ2n) is 6.76. The lowest BCUT2D eigenvalue weighted by molar-refractivity contribution is -0.139. The highest BCUT2D eigenvalue weighted by Crippen LogP contribution is 2.36. The maximum atomic E-state index is 12.6. The highest BCUT2D eigenvalue weighted by molar-refractivity contribution is 6.32. The summed E-state index contributed by atoms with van der Waals surface area (Å²) in [5, 5.41) is 31.7. The summed E-state index contributed by atoms with van der Waals surface area (Å²) in [6.45, 7) is 1.68. The van der Waals surface area contributed by atoms with Crippen molar-refractivity contribution in [3.05, 3.63) is 57.6 Å². The SMILES string of the molecule is CC1Cc2c(Cl)cc(C(=O)N[C@H](Cc3ccc(O)cc3)C(=O)O)c(O)c2C(=O)O1. The first-order chi connectivity index (χ1) is 13.7. The topological polar surface area (TPSA) is 133 Å². The van der Waals surface area contributed by atoms with Gasteiger partial charge in [-0.2, -0.15) is 0 Å². The molecule has 1 aliphatic heterocycles. The molecule has 2 aromatic carbocycles. The average Bonchev–Trinajstić information content (AvgIpc) is 2.65. The molecular formula is C20H18ClNO7. The van der Waals surface area contributed by atoms with Crippen molar-refractivity contribution in [2.75, 3.05) is 0 Å². The molecule has 3 rings (SSSR count). The van der Waals surface area contributed by atoms with E-state index in [1.807, 2.05) is 0 Å². The van der Waals surface area contributed by atoms with Crippen LogP contribution in [0.1, 0.15) is 38.8 Å². The summed E-state index contributed by atoms with van der Waals surface area (Å²) in [4.78, 5) is 36.4. The van der Waals surface area contributed by atoms with Crippen molar-refractivity contribution >= 4 is 29.4 Å². The Morgan fingerprint density at radius 3 is 2.55 bits per heavy atom. The molecule has 0 bridgehead atoms. The van der Waals surface area contributed by atoms with Gasteiger partial charge in [-0.25, -0.2) is 9.59 Å². The summed E-state index contributed by atoms with van der Waals surface area (Å²) in [7, 11) is 0. The van der Waals surface area contributed by atoms with Crippen LogP contribution in [-0.4, -0.2) is 45.3 Å². The number of benzene rings is 2. The number of rotatable bonds is 5. The minimum absolute atomic E-state index is 0.0273. The maximum absolute atomic E-state index is 12.6. The maximum Gasteiger partial charge on any atom is 0.342 e. The second kappa shape index (κ2) is 8.00. The van der Waals surface area contributed by atoms with E-state index in [9.17, 15) is 29.7 Å². The Balaban J connectivity index is 1.88. The Labute approximate surface area is 170 Å². The van der Waals surface area contributed by atoms with Crippen molar-refractivity contribution in [2.24, 2.45) is 0 Å². The number of ether oxygens (including phenoxy) is 1. The Morgan fingerprint density at radius 2 is 1.93 bits per heavy atom. The van der Waals surface area contributed by atoms with E-state index in [4.69, 9.17) is 16.3 Å². The quantitative estimate of drug-likeness (QED) is 0.546. The van der Waals surface area contributed by atoms with Crippen LogP contribution in [0.4, 0.5) is 0 Å². The number of carbonyl (C=O) groups excluding carboxylic acids is 2. The molecule has 4 N–H and O–H groups in total. The fraction of sp³-hybridized carbons (Fsp3) is 0.250. The number of cyclic esters (lactones) is 1. The number of aliphatic carboxylic acids is 1. The van der Waals surface area contributed by atoms with Crippen molar-refractivity contribution in [1.29, 1.82) is 0 Å². The number of halogens is 1. The van der Waals surface area contributed by atoms with E-state index in [-0.39, 0.29) is 34.7 Å². The van der Waals surface area contributed by atoms with Gasteiger partial charge in [-0.15, -0.1) is 0 Å². The largest absolute Gasteiger partial charge is 0.508 e. The molecule has 0 aliphatic carbocycles. The number of aromatic hydroxyl groups is 2. The molecule has 0 aromatic heterocycles. The predicted molar refractivity (Wildman–Crippen MR) is 102 cm³/mol. The molecular weight excluding hydrogens is 402 g/mol. The lowest BCUT2D eigenvalue weighted by atomic mass is 9.95. The number of esters is 1. The number of hydrogen-bond donors (Lipinski definition) is 4. The molecule has 1 heterocycles. The molecule has 0 fully saturated rings. The lowest BCUT2D eigenvalue weighted by Crippen LogP contribution is -2.42. The van der Waals surface area contributed by atoms with Crippen molar-refractivity contribution in [3.63, 3.8) is 0 Å². The van der Waals surface area contributed by atoms with Crippen molar-refractivity contribution in [3.8, 4) is 11.5 Å². The van der Waals surface area contributed by atoms with Gasteiger partial charge in [-0.1, -0.05) is 23.7 Å². The molecule has 0 saturated carbocycles. The van der Waals surface area contributed by atoms with Crippen molar-refractivity contribution in [1.82, 2.24) is 5.32 Å². The van der Waals surface area contributed by atoms with Crippen LogP contribution in [0, 0.1) is 0 Å². The van der Waals surface area contributed by atoms with Gasteiger partial charge >= 0.3 is 11.9 Å². The Hall–Kier alpha value is -3.26. The van der Waals surface area contributed by atoms with Crippen LogP contribution in [0.2, 0.25) is 5.02 Å². The van der Waals surface area contributed by atoms with Gasteiger partial charge in [0.15, 0.2) is 0 Å². The van der Waals surface area contributed by atoms with Gasteiger partial charge in [0.1, 0.15) is 29.2 Å². The number of amides is 1. The van der Waals surface area contributed by atoms with Gasteiger partial charge in [0.2, 0.25) is 0 Å². The third kappa shape index (κ3) is 4.27. The van der Waals surface area contributed by atoms with E-state index in [2.05, 4.69) is 5.32 Å². The van der Waals surface area contributed by atoms with E-state index in [1.54, 1.807) is 6.92 Å². The van der Waals surface area contributed by atoms with Crippen molar-refractivity contribution in [2.45, 2.75) is 31.9 Å². The Kier molecular flexibility index (Phi) is 5.65. The fourth-order valence-electron chi connectivity index (χ4n) is 3.15. The molecule has 1 aliphatic rings. The summed E-state index contributed by atoms with van der Waals surface area (Å²) in [5.41, 5.74) is 0.437. The van der Waals surface area contributed by atoms with Crippen LogP contribution in [0.5, 0.6) is 11.5 Å². The Bertz CT molecular complexity index is 987. The minimum atomic E-state index is -1.31. The first-order valence-electron chi connectivity index (χ1n) is 8.74. The van der Waals surface area contributed by atoms with Crippen LogP contribution in [-0.2, 0) is 22.4 Å². The first kappa shape index (κ1) is 20.5. The van der Waals surface area contributed by atoms with E-state index in [1.165, 1.54) is 30.3 Å². The predicted octanol–water partition coefficient (Wildman–Crippen LogP) is 2.28. The standard InChI is InChI=1S/C20H18ClNO7/c1-9-6-12-14(21)8-13(17(24)16(12)20(28)29-9)18(25)22-15(19(26)27)7-10-2-4-11(23)5-3-10/h2-5,8-9,15,23-24H,6-7H2,1H3,(H,22,25)(H,26,27)/t9?,15-/m1/s1.